The number of benzene rings is 1. The highest BCUT2D eigenvalue weighted by atomic mass is 35.5. The highest BCUT2D eigenvalue weighted by Gasteiger charge is 2.12. The van der Waals surface area contributed by atoms with Crippen molar-refractivity contribution in [2.75, 3.05) is 0 Å². The van der Waals surface area contributed by atoms with Crippen LogP contribution in [0.5, 0.6) is 0 Å². The number of halogens is 3. The average Bonchev–Trinajstić information content (AvgIpc) is 2.89. The third-order valence-corrected chi connectivity index (χ3v) is 4.27. The first kappa shape index (κ1) is 19.6. The van der Waals surface area contributed by atoms with Gasteiger partial charge in [-0.1, -0.05) is 6.07 Å². The lowest BCUT2D eigenvalue weighted by molar-refractivity contribution is 0.584. The summed E-state index contributed by atoms with van der Waals surface area (Å²) in [5.74, 6) is -0.823. The minimum absolute atomic E-state index is 0. The molecule has 6 nitrogen and oxygen atoms in total. The molecule has 144 valence electrons. The van der Waals surface area contributed by atoms with Gasteiger partial charge >= 0.3 is 0 Å². The summed E-state index contributed by atoms with van der Waals surface area (Å²) < 4.78 is 28.3. The zero-order chi connectivity index (χ0) is 19.1. The zero-order valence-electron chi connectivity index (χ0n) is 15.0. The van der Waals surface area contributed by atoms with Gasteiger partial charge in [0, 0.05) is 31.3 Å². The van der Waals surface area contributed by atoms with E-state index < -0.39 is 11.6 Å². The van der Waals surface area contributed by atoms with Crippen molar-refractivity contribution in [3.63, 3.8) is 0 Å². The smallest absolute Gasteiger partial charge is 0.262 e. The van der Waals surface area contributed by atoms with Crippen LogP contribution in [0.4, 0.5) is 8.78 Å². The van der Waals surface area contributed by atoms with E-state index in [1.807, 2.05) is 0 Å². The molecule has 0 radical (unpaired) electrons. The summed E-state index contributed by atoms with van der Waals surface area (Å²) >= 11 is 0. The fourth-order valence-electron chi connectivity index (χ4n) is 3.07. The molecule has 0 bridgehead atoms. The first-order chi connectivity index (χ1) is 12.9. The maximum atomic E-state index is 13.4. The molecule has 0 aliphatic carbocycles. The SMILES string of the molecule is Cc1nn(C)c2nc(Cc3ccc(-c4cc(F)cc(F)c4)nc3)[nH]c(=O)c12.Cl. The molecule has 4 aromatic rings. The molecule has 0 aliphatic heterocycles. The Labute approximate surface area is 164 Å². The highest BCUT2D eigenvalue weighted by molar-refractivity contribution is 5.85. The van der Waals surface area contributed by atoms with Crippen LogP contribution in [0, 0.1) is 18.6 Å². The van der Waals surface area contributed by atoms with E-state index in [0.29, 0.717) is 40.2 Å². The second kappa shape index (κ2) is 7.47. The fourth-order valence-corrected chi connectivity index (χ4v) is 3.07. The molecule has 0 unspecified atom stereocenters. The number of pyridine rings is 1. The summed E-state index contributed by atoms with van der Waals surface area (Å²) in [5, 5.41) is 4.69. The predicted octanol–water partition coefficient (Wildman–Crippen LogP) is 3.32. The van der Waals surface area contributed by atoms with Gasteiger partial charge < -0.3 is 4.98 Å². The van der Waals surface area contributed by atoms with E-state index in [2.05, 4.69) is 20.1 Å². The first-order valence-electron chi connectivity index (χ1n) is 8.24. The third kappa shape index (κ3) is 3.63. The summed E-state index contributed by atoms with van der Waals surface area (Å²) in [7, 11) is 1.74. The summed E-state index contributed by atoms with van der Waals surface area (Å²) in [6.07, 6.45) is 1.96. The minimum Gasteiger partial charge on any atom is -0.310 e. The molecule has 0 saturated heterocycles. The summed E-state index contributed by atoms with van der Waals surface area (Å²) in [6, 6.07) is 6.72. The second-order valence-corrected chi connectivity index (χ2v) is 6.31. The molecule has 4 rings (SSSR count). The number of hydrogen-bond donors (Lipinski definition) is 1. The van der Waals surface area contributed by atoms with Crippen LogP contribution in [0.1, 0.15) is 17.1 Å². The molecular weight excluding hydrogens is 388 g/mol. The molecule has 3 aromatic heterocycles. The van der Waals surface area contributed by atoms with Crippen molar-refractivity contribution in [1.82, 2.24) is 24.7 Å². The van der Waals surface area contributed by atoms with Gasteiger partial charge in [-0.25, -0.2) is 18.4 Å². The molecule has 28 heavy (non-hydrogen) atoms. The lowest BCUT2D eigenvalue weighted by Gasteiger charge is -2.05. The first-order valence-corrected chi connectivity index (χ1v) is 8.24. The Kier molecular flexibility index (Phi) is 5.24. The van der Waals surface area contributed by atoms with Gasteiger partial charge in [0.05, 0.1) is 11.4 Å². The molecule has 0 atom stereocenters. The van der Waals surface area contributed by atoms with Crippen LogP contribution in [-0.2, 0) is 13.5 Å². The van der Waals surface area contributed by atoms with Crippen LogP contribution in [0.3, 0.4) is 0 Å². The van der Waals surface area contributed by atoms with Crippen molar-refractivity contribution in [3.05, 3.63) is 75.6 Å². The van der Waals surface area contributed by atoms with Gasteiger partial charge in [0.25, 0.3) is 5.56 Å². The largest absolute Gasteiger partial charge is 0.310 e. The molecule has 1 N–H and O–H groups in total. The number of aromatic amines is 1. The Morgan fingerprint density at radius 3 is 2.50 bits per heavy atom. The highest BCUT2D eigenvalue weighted by Crippen LogP contribution is 2.20. The van der Waals surface area contributed by atoms with Gasteiger partial charge in [0.15, 0.2) is 5.65 Å². The maximum Gasteiger partial charge on any atom is 0.262 e. The molecular formula is C19H16ClF2N5O. The van der Waals surface area contributed by atoms with Crippen molar-refractivity contribution < 1.29 is 8.78 Å². The Morgan fingerprint density at radius 2 is 1.86 bits per heavy atom. The number of nitrogens with zero attached hydrogens (tertiary/aromatic N) is 4. The molecule has 0 spiro atoms. The second-order valence-electron chi connectivity index (χ2n) is 6.31. The number of nitrogens with one attached hydrogen (secondary N) is 1. The average molecular weight is 404 g/mol. The van der Waals surface area contributed by atoms with Crippen molar-refractivity contribution in [1.29, 1.82) is 0 Å². The maximum absolute atomic E-state index is 13.4. The fraction of sp³-hybridized carbons (Fsp3) is 0.158. The number of rotatable bonds is 3. The molecule has 0 aliphatic rings. The summed E-state index contributed by atoms with van der Waals surface area (Å²) in [6.45, 7) is 1.76. The van der Waals surface area contributed by atoms with Crippen molar-refractivity contribution in [2.45, 2.75) is 13.3 Å². The number of hydrogen-bond acceptors (Lipinski definition) is 4. The molecule has 9 heteroatoms. The van der Waals surface area contributed by atoms with E-state index in [1.165, 1.54) is 12.1 Å². The topological polar surface area (TPSA) is 76.5 Å². The van der Waals surface area contributed by atoms with E-state index >= 15 is 0 Å². The summed E-state index contributed by atoms with van der Waals surface area (Å²) in [4.78, 5) is 23.8. The lowest BCUT2D eigenvalue weighted by atomic mass is 10.1. The van der Waals surface area contributed by atoms with Crippen molar-refractivity contribution >= 4 is 23.4 Å². The van der Waals surface area contributed by atoms with E-state index in [0.717, 1.165) is 11.6 Å². The molecule has 0 fully saturated rings. The van der Waals surface area contributed by atoms with E-state index in [9.17, 15) is 13.6 Å². The van der Waals surface area contributed by atoms with Gasteiger partial charge in [-0.2, -0.15) is 5.10 Å². The van der Waals surface area contributed by atoms with Crippen molar-refractivity contribution in [3.8, 4) is 11.3 Å². The quantitative estimate of drug-likeness (QED) is 0.569. The molecule has 1 aromatic carbocycles. The Balaban J connectivity index is 0.00000225. The lowest BCUT2D eigenvalue weighted by Crippen LogP contribution is -2.13. The molecule has 3 heterocycles. The van der Waals surface area contributed by atoms with Crippen molar-refractivity contribution in [2.24, 2.45) is 7.05 Å². The third-order valence-electron chi connectivity index (χ3n) is 4.27. The Morgan fingerprint density at radius 1 is 1.14 bits per heavy atom. The summed E-state index contributed by atoms with van der Waals surface area (Å²) in [5.41, 5.74) is 2.53. The number of aryl methyl sites for hydroxylation is 2. The van der Waals surface area contributed by atoms with Crippen LogP contribution in [0.15, 0.2) is 41.3 Å². The van der Waals surface area contributed by atoms with Gasteiger partial charge in [-0.15, -0.1) is 12.4 Å². The number of H-pyrrole nitrogens is 1. The molecule has 0 saturated carbocycles. The normalized spacial score (nSPS) is 10.9. The van der Waals surface area contributed by atoms with E-state index in [-0.39, 0.29) is 18.0 Å². The number of aromatic nitrogens is 5. The monoisotopic (exact) mass is 403 g/mol. The predicted molar refractivity (Wildman–Crippen MR) is 104 cm³/mol. The van der Waals surface area contributed by atoms with E-state index in [4.69, 9.17) is 0 Å². The van der Waals surface area contributed by atoms with Gasteiger partial charge in [0.2, 0.25) is 0 Å². The van der Waals surface area contributed by atoms with E-state index in [1.54, 1.807) is 37.0 Å². The Hall–Kier alpha value is -3.13. The van der Waals surface area contributed by atoms with Crippen LogP contribution in [0.25, 0.3) is 22.3 Å². The van der Waals surface area contributed by atoms with Gasteiger partial charge in [0.1, 0.15) is 22.8 Å². The minimum atomic E-state index is -0.655. The van der Waals surface area contributed by atoms with Crippen LogP contribution in [0.2, 0.25) is 0 Å². The van der Waals surface area contributed by atoms with Crippen LogP contribution >= 0.6 is 12.4 Å². The zero-order valence-corrected chi connectivity index (χ0v) is 15.8. The standard InChI is InChI=1S/C19H15F2N5O.ClH/c1-10-17-18(26(2)25-10)23-16(24-19(17)27)5-11-3-4-15(22-9-11)12-6-13(20)8-14(21)7-12;/h3-4,6-9H,5H2,1-2H3,(H,23,24,27);1H. The van der Waals surface area contributed by atoms with Crippen LogP contribution < -0.4 is 5.56 Å². The van der Waals surface area contributed by atoms with Gasteiger partial charge in [-0.3, -0.25) is 9.78 Å². The molecule has 0 amide bonds. The van der Waals surface area contributed by atoms with Crippen LogP contribution in [-0.4, -0.2) is 24.7 Å². The number of fused-ring (bicyclic) bond motifs is 1. The Bertz CT molecular complexity index is 1200. The van der Waals surface area contributed by atoms with Gasteiger partial charge in [-0.05, 0) is 30.7 Å².